The summed E-state index contributed by atoms with van der Waals surface area (Å²) in [7, 11) is 0. The second kappa shape index (κ2) is 8.44. The van der Waals surface area contributed by atoms with Gasteiger partial charge in [-0.05, 0) is 30.7 Å². The first-order valence-electron chi connectivity index (χ1n) is 8.61. The number of hydrogen-bond donors (Lipinski definition) is 2. The molecule has 0 fully saturated rings. The number of nitrogens with zero attached hydrogens (tertiary/aromatic N) is 2. The zero-order valence-electron chi connectivity index (χ0n) is 15.7. The molecule has 0 saturated heterocycles. The molecule has 2 aromatic rings. The number of ether oxygens (including phenoxy) is 1. The van der Waals surface area contributed by atoms with Gasteiger partial charge >= 0.3 is 11.9 Å². The summed E-state index contributed by atoms with van der Waals surface area (Å²) in [6.45, 7) is 10.0. The van der Waals surface area contributed by atoms with E-state index in [1.165, 1.54) is 17.7 Å². The number of carboxylic acids is 1. The van der Waals surface area contributed by atoms with Gasteiger partial charge in [0.25, 0.3) is 0 Å². The minimum atomic E-state index is -0.935. The first-order valence-corrected chi connectivity index (χ1v) is 9.42. The van der Waals surface area contributed by atoms with Gasteiger partial charge in [-0.2, -0.15) is 0 Å². The van der Waals surface area contributed by atoms with Gasteiger partial charge in [-0.25, -0.2) is 19.6 Å². The van der Waals surface area contributed by atoms with Gasteiger partial charge < -0.3 is 15.2 Å². The van der Waals surface area contributed by atoms with E-state index >= 15 is 0 Å². The van der Waals surface area contributed by atoms with Crippen LogP contribution in [0.5, 0.6) is 0 Å². The molecule has 0 spiro atoms. The number of aryl methyl sites for hydroxylation is 1. The molecular formula is C18H25N3O4S. The maximum Gasteiger partial charge on any atom is 0.348 e. The van der Waals surface area contributed by atoms with Crippen LogP contribution in [0.25, 0.3) is 10.2 Å². The molecule has 2 aromatic heterocycles. The lowest BCUT2D eigenvalue weighted by Gasteiger charge is -2.17. The number of aromatic nitrogens is 2. The summed E-state index contributed by atoms with van der Waals surface area (Å²) in [5.74, 6) is -0.430. The molecule has 1 unspecified atom stereocenters. The van der Waals surface area contributed by atoms with E-state index in [-0.39, 0.29) is 17.8 Å². The SMILES string of the molecule is Cc1c(C(=O)OCC(C)C)sc2ncnc(NC(CC(C)C)C(=O)O)c12. The summed E-state index contributed by atoms with van der Waals surface area (Å²) < 4.78 is 5.32. The van der Waals surface area contributed by atoms with E-state index in [4.69, 9.17) is 4.74 Å². The first kappa shape index (κ1) is 20.1. The first-order chi connectivity index (χ1) is 12.2. The summed E-state index contributed by atoms with van der Waals surface area (Å²) in [5, 5.41) is 13.1. The van der Waals surface area contributed by atoms with Crippen molar-refractivity contribution in [1.82, 2.24) is 9.97 Å². The highest BCUT2D eigenvalue weighted by atomic mass is 32.1. The van der Waals surface area contributed by atoms with E-state index in [1.54, 1.807) is 6.92 Å². The largest absolute Gasteiger partial charge is 0.480 e. The van der Waals surface area contributed by atoms with Crippen LogP contribution in [0.1, 0.15) is 49.4 Å². The second-order valence-corrected chi connectivity index (χ2v) is 8.11. The van der Waals surface area contributed by atoms with Crippen molar-refractivity contribution >= 4 is 39.3 Å². The number of hydrogen-bond acceptors (Lipinski definition) is 7. The molecule has 7 nitrogen and oxygen atoms in total. The Bertz CT molecular complexity index is 801. The maximum absolute atomic E-state index is 12.4. The van der Waals surface area contributed by atoms with Crippen molar-refractivity contribution in [3.63, 3.8) is 0 Å². The van der Waals surface area contributed by atoms with Crippen molar-refractivity contribution in [2.24, 2.45) is 11.8 Å². The lowest BCUT2D eigenvalue weighted by Crippen LogP contribution is -2.31. The van der Waals surface area contributed by atoms with Crippen LogP contribution in [0.15, 0.2) is 6.33 Å². The van der Waals surface area contributed by atoms with Gasteiger partial charge in [-0.1, -0.05) is 27.7 Å². The fourth-order valence-corrected chi connectivity index (χ4v) is 3.58. The Kier molecular flexibility index (Phi) is 6.52. The number of esters is 1. The molecule has 0 radical (unpaired) electrons. The van der Waals surface area contributed by atoms with Gasteiger partial charge in [-0.15, -0.1) is 11.3 Å². The van der Waals surface area contributed by atoms with Crippen molar-refractivity contribution in [1.29, 1.82) is 0 Å². The number of aliphatic carboxylic acids is 1. The molecule has 26 heavy (non-hydrogen) atoms. The van der Waals surface area contributed by atoms with E-state index in [2.05, 4.69) is 15.3 Å². The molecule has 2 N–H and O–H groups in total. The smallest absolute Gasteiger partial charge is 0.348 e. The standard InChI is InChI=1S/C18H25N3O4S/c1-9(2)6-12(17(22)23)21-15-13-11(5)14(18(24)25-7-10(3)4)26-16(13)20-8-19-15/h8-10,12H,6-7H2,1-5H3,(H,22,23)(H,19,20,21). The summed E-state index contributed by atoms with van der Waals surface area (Å²) >= 11 is 1.23. The molecule has 2 heterocycles. The lowest BCUT2D eigenvalue weighted by molar-refractivity contribution is -0.138. The third-order valence-electron chi connectivity index (χ3n) is 3.78. The average Bonchev–Trinajstić information content (AvgIpc) is 2.89. The highest BCUT2D eigenvalue weighted by Crippen LogP contribution is 2.34. The summed E-state index contributed by atoms with van der Waals surface area (Å²) in [6.07, 6.45) is 1.84. The van der Waals surface area contributed by atoms with Crippen molar-refractivity contribution in [2.75, 3.05) is 11.9 Å². The molecule has 0 saturated carbocycles. The van der Waals surface area contributed by atoms with Crippen LogP contribution in [0.4, 0.5) is 5.82 Å². The van der Waals surface area contributed by atoms with Crippen molar-refractivity contribution in [3.05, 3.63) is 16.8 Å². The third-order valence-corrected chi connectivity index (χ3v) is 4.96. The summed E-state index contributed by atoms with van der Waals surface area (Å²) in [5.41, 5.74) is 0.704. The number of thiophene rings is 1. The molecule has 8 heteroatoms. The molecule has 0 aliphatic heterocycles. The maximum atomic E-state index is 12.4. The van der Waals surface area contributed by atoms with Crippen molar-refractivity contribution < 1.29 is 19.4 Å². The Labute approximate surface area is 156 Å². The van der Waals surface area contributed by atoms with Crippen LogP contribution >= 0.6 is 11.3 Å². The normalized spacial score (nSPS) is 12.6. The zero-order valence-corrected chi connectivity index (χ0v) is 16.5. The molecule has 0 aromatic carbocycles. The fraction of sp³-hybridized carbons (Fsp3) is 0.556. The number of carbonyl (C=O) groups is 2. The average molecular weight is 379 g/mol. The van der Waals surface area contributed by atoms with E-state index in [9.17, 15) is 14.7 Å². The molecule has 0 amide bonds. The highest BCUT2D eigenvalue weighted by molar-refractivity contribution is 7.20. The molecule has 142 valence electrons. The van der Waals surface area contributed by atoms with E-state index in [1.807, 2.05) is 27.7 Å². The number of carbonyl (C=O) groups excluding carboxylic acids is 1. The van der Waals surface area contributed by atoms with Gasteiger partial charge in [0.05, 0.1) is 12.0 Å². The van der Waals surface area contributed by atoms with Crippen LogP contribution in [-0.4, -0.2) is 39.7 Å². The number of fused-ring (bicyclic) bond motifs is 1. The predicted molar refractivity (Wildman–Crippen MR) is 102 cm³/mol. The van der Waals surface area contributed by atoms with Crippen LogP contribution in [0.3, 0.4) is 0 Å². The van der Waals surface area contributed by atoms with Gasteiger partial charge in [0.2, 0.25) is 0 Å². The minimum absolute atomic E-state index is 0.214. The van der Waals surface area contributed by atoms with Crippen LogP contribution < -0.4 is 5.32 Å². The monoisotopic (exact) mass is 379 g/mol. The molecular weight excluding hydrogens is 354 g/mol. The minimum Gasteiger partial charge on any atom is -0.480 e. The molecule has 0 aliphatic carbocycles. The Balaban J connectivity index is 2.37. The van der Waals surface area contributed by atoms with Crippen molar-refractivity contribution in [3.8, 4) is 0 Å². The van der Waals surface area contributed by atoms with Gasteiger partial charge in [0.1, 0.15) is 27.9 Å². The second-order valence-electron chi connectivity index (χ2n) is 7.12. The topological polar surface area (TPSA) is 101 Å². The van der Waals surface area contributed by atoms with Gasteiger partial charge in [0, 0.05) is 0 Å². The lowest BCUT2D eigenvalue weighted by atomic mass is 10.0. The van der Waals surface area contributed by atoms with E-state index < -0.39 is 12.0 Å². The summed E-state index contributed by atoms with van der Waals surface area (Å²) in [4.78, 5) is 33.4. The zero-order chi connectivity index (χ0) is 19.4. The van der Waals surface area contributed by atoms with Crippen LogP contribution in [0, 0.1) is 18.8 Å². The molecule has 1 atom stereocenters. The Morgan fingerprint density at radius 1 is 1.23 bits per heavy atom. The Morgan fingerprint density at radius 2 is 1.92 bits per heavy atom. The molecule has 2 rings (SSSR count). The van der Waals surface area contributed by atoms with Crippen LogP contribution in [-0.2, 0) is 9.53 Å². The number of carboxylic acid groups (broad SMARTS) is 1. The number of nitrogens with one attached hydrogen (secondary N) is 1. The highest BCUT2D eigenvalue weighted by Gasteiger charge is 2.24. The number of rotatable bonds is 8. The fourth-order valence-electron chi connectivity index (χ4n) is 2.54. The predicted octanol–water partition coefficient (Wildman–Crippen LogP) is 3.72. The summed E-state index contributed by atoms with van der Waals surface area (Å²) in [6, 6.07) is -0.760. The van der Waals surface area contributed by atoms with Crippen LogP contribution in [0.2, 0.25) is 0 Å². The molecule has 0 bridgehead atoms. The Morgan fingerprint density at radius 3 is 2.50 bits per heavy atom. The van der Waals surface area contributed by atoms with E-state index in [0.29, 0.717) is 39.5 Å². The van der Waals surface area contributed by atoms with Gasteiger partial charge in [0.15, 0.2) is 0 Å². The van der Waals surface area contributed by atoms with Crippen molar-refractivity contribution in [2.45, 2.75) is 47.1 Å². The third kappa shape index (κ3) is 4.69. The number of anilines is 1. The quantitative estimate of drug-likeness (QED) is 0.674. The Hall–Kier alpha value is -2.22. The molecule has 0 aliphatic rings. The van der Waals surface area contributed by atoms with Gasteiger partial charge in [-0.3, -0.25) is 0 Å². The van der Waals surface area contributed by atoms with E-state index in [0.717, 1.165) is 0 Å².